The van der Waals surface area contributed by atoms with Gasteiger partial charge in [0.05, 0.1) is 11.3 Å². The molecule has 0 aliphatic heterocycles. The molecule has 1 N–H and O–H groups in total. The van der Waals surface area contributed by atoms with Crippen LogP contribution in [0.1, 0.15) is 36.9 Å². The van der Waals surface area contributed by atoms with Gasteiger partial charge in [0.1, 0.15) is 5.75 Å². The van der Waals surface area contributed by atoms with E-state index in [4.69, 9.17) is 4.74 Å². The lowest BCUT2D eigenvalue weighted by Gasteiger charge is -2.17. The molecule has 1 atom stereocenters. The number of benzene rings is 2. The predicted molar refractivity (Wildman–Crippen MR) is 117 cm³/mol. The summed E-state index contributed by atoms with van der Waals surface area (Å²) in [5.41, 5.74) is 0.270. The third-order valence-corrected chi connectivity index (χ3v) is 5.60. The first-order chi connectivity index (χ1) is 15.2. The Labute approximate surface area is 188 Å². The van der Waals surface area contributed by atoms with Crippen molar-refractivity contribution in [2.45, 2.75) is 44.8 Å². The molecule has 0 saturated carbocycles. The molecule has 1 amide bonds. The van der Waals surface area contributed by atoms with Crippen molar-refractivity contribution in [1.82, 2.24) is 14.8 Å². The van der Waals surface area contributed by atoms with Crippen molar-refractivity contribution in [1.29, 1.82) is 0 Å². The van der Waals surface area contributed by atoms with E-state index in [1.807, 2.05) is 49.6 Å². The van der Waals surface area contributed by atoms with Crippen molar-refractivity contribution in [2.75, 3.05) is 11.1 Å². The topological polar surface area (TPSA) is 69.0 Å². The number of aryl methyl sites for hydroxylation is 1. The molecule has 32 heavy (non-hydrogen) atoms. The highest BCUT2D eigenvalue weighted by molar-refractivity contribution is 7.99. The van der Waals surface area contributed by atoms with Crippen LogP contribution in [0.3, 0.4) is 0 Å². The number of carbonyl (C=O) groups excluding carboxylic acids is 1. The van der Waals surface area contributed by atoms with Gasteiger partial charge >= 0.3 is 6.18 Å². The number of halogens is 3. The molecule has 3 aromatic rings. The molecule has 10 heteroatoms. The number of hydrogen-bond donors (Lipinski definition) is 1. The first-order valence-corrected chi connectivity index (χ1v) is 10.9. The minimum absolute atomic E-state index is 0.0264. The number of carbonyl (C=O) groups is 1. The van der Waals surface area contributed by atoms with Crippen molar-refractivity contribution >= 4 is 23.4 Å². The number of aromatic nitrogens is 3. The summed E-state index contributed by atoms with van der Waals surface area (Å²) in [6.45, 7) is 6.33. The van der Waals surface area contributed by atoms with E-state index in [0.717, 1.165) is 35.2 Å². The zero-order valence-corrected chi connectivity index (χ0v) is 18.6. The van der Waals surface area contributed by atoms with Gasteiger partial charge in [-0.2, -0.15) is 13.2 Å². The van der Waals surface area contributed by atoms with Crippen molar-refractivity contribution in [3.63, 3.8) is 0 Å². The number of nitrogens with one attached hydrogen (secondary N) is 1. The number of nitrogens with zero attached hydrogens (tertiary/aromatic N) is 3. The molecule has 1 aromatic heterocycles. The number of ether oxygens (including phenoxy) is 1. The second-order valence-corrected chi connectivity index (χ2v) is 7.97. The molecule has 2 aromatic carbocycles. The second-order valence-electron chi connectivity index (χ2n) is 7.03. The molecular weight excluding hydrogens is 441 g/mol. The van der Waals surface area contributed by atoms with E-state index in [9.17, 15) is 18.0 Å². The zero-order valence-electron chi connectivity index (χ0n) is 17.8. The van der Waals surface area contributed by atoms with Gasteiger partial charge in [0.2, 0.25) is 5.91 Å². The highest BCUT2D eigenvalue weighted by atomic mass is 32.2. The fourth-order valence-corrected chi connectivity index (χ4v) is 3.85. The van der Waals surface area contributed by atoms with Crippen LogP contribution in [0.15, 0.2) is 53.7 Å². The van der Waals surface area contributed by atoms with Crippen LogP contribution in [-0.4, -0.2) is 26.4 Å². The smallest absolute Gasteiger partial charge is 0.416 e. The maximum absolute atomic E-state index is 12.8. The summed E-state index contributed by atoms with van der Waals surface area (Å²) in [4.78, 5) is 12.3. The minimum atomic E-state index is -4.47. The van der Waals surface area contributed by atoms with E-state index >= 15 is 0 Å². The Hall–Kier alpha value is -3.01. The average molecular weight is 465 g/mol. The molecule has 0 spiro atoms. The quantitative estimate of drug-likeness (QED) is 0.446. The van der Waals surface area contributed by atoms with Crippen molar-refractivity contribution < 1.29 is 22.7 Å². The Kier molecular flexibility index (Phi) is 7.44. The summed E-state index contributed by atoms with van der Waals surface area (Å²) in [5, 5.41) is 11.4. The van der Waals surface area contributed by atoms with Gasteiger partial charge in [-0.3, -0.25) is 4.79 Å². The maximum atomic E-state index is 12.8. The largest absolute Gasteiger partial charge is 0.482 e. The van der Waals surface area contributed by atoms with E-state index in [2.05, 4.69) is 15.5 Å². The monoisotopic (exact) mass is 464 g/mol. The summed E-state index contributed by atoms with van der Waals surface area (Å²) in [6.07, 6.45) is -4.84. The van der Waals surface area contributed by atoms with E-state index < -0.39 is 17.6 Å². The SMILES string of the molecule is CCn1c(SCC(=O)Nc2cccc(C(F)(F)F)c2)nnc1C(C)Oc1ccccc1C. The minimum Gasteiger partial charge on any atom is -0.482 e. The van der Waals surface area contributed by atoms with E-state index in [1.165, 1.54) is 12.1 Å². The van der Waals surface area contributed by atoms with Crippen LogP contribution in [0.4, 0.5) is 18.9 Å². The van der Waals surface area contributed by atoms with Crippen LogP contribution in [-0.2, 0) is 17.5 Å². The second kappa shape index (κ2) is 10.1. The Morgan fingerprint density at radius 1 is 1.19 bits per heavy atom. The van der Waals surface area contributed by atoms with Crippen LogP contribution in [0.25, 0.3) is 0 Å². The molecule has 0 radical (unpaired) electrons. The summed E-state index contributed by atoms with van der Waals surface area (Å²) >= 11 is 1.16. The van der Waals surface area contributed by atoms with Crippen LogP contribution in [0.5, 0.6) is 5.75 Å². The number of amides is 1. The molecular formula is C22H23F3N4O2S. The summed E-state index contributed by atoms with van der Waals surface area (Å²) in [7, 11) is 0. The average Bonchev–Trinajstić information content (AvgIpc) is 3.16. The molecule has 0 aliphatic rings. The fourth-order valence-electron chi connectivity index (χ4n) is 3.04. The summed E-state index contributed by atoms with van der Waals surface area (Å²) in [5.74, 6) is 0.907. The van der Waals surface area contributed by atoms with Crippen LogP contribution in [0, 0.1) is 6.92 Å². The highest BCUT2D eigenvalue weighted by Crippen LogP contribution is 2.31. The number of hydrogen-bond acceptors (Lipinski definition) is 5. The lowest BCUT2D eigenvalue weighted by molar-refractivity contribution is -0.137. The predicted octanol–water partition coefficient (Wildman–Crippen LogP) is 5.50. The zero-order chi connectivity index (χ0) is 23.3. The normalized spacial score (nSPS) is 12.4. The van der Waals surface area contributed by atoms with Crippen LogP contribution < -0.4 is 10.1 Å². The third kappa shape index (κ3) is 5.82. The Morgan fingerprint density at radius 2 is 1.94 bits per heavy atom. The molecule has 0 aliphatic carbocycles. The molecule has 0 fully saturated rings. The molecule has 0 saturated heterocycles. The van der Waals surface area contributed by atoms with Crippen molar-refractivity contribution in [2.24, 2.45) is 0 Å². The van der Waals surface area contributed by atoms with Gasteiger partial charge in [0.15, 0.2) is 17.1 Å². The molecule has 0 bridgehead atoms. The fraction of sp³-hybridized carbons (Fsp3) is 0.318. The first kappa shape index (κ1) is 23.6. The van der Waals surface area contributed by atoms with E-state index in [-0.39, 0.29) is 17.5 Å². The highest BCUT2D eigenvalue weighted by Gasteiger charge is 2.30. The van der Waals surface area contributed by atoms with Gasteiger partial charge in [-0.25, -0.2) is 0 Å². The van der Waals surface area contributed by atoms with Gasteiger partial charge in [-0.15, -0.1) is 10.2 Å². The summed E-state index contributed by atoms with van der Waals surface area (Å²) < 4.78 is 46.4. The van der Waals surface area contributed by atoms with Crippen LogP contribution >= 0.6 is 11.8 Å². The van der Waals surface area contributed by atoms with Crippen molar-refractivity contribution in [3.8, 4) is 5.75 Å². The van der Waals surface area contributed by atoms with E-state index in [1.54, 1.807) is 0 Å². The maximum Gasteiger partial charge on any atom is 0.416 e. The number of alkyl halides is 3. The Morgan fingerprint density at radius 3 is 2.62 bits per heavy atom. The number of para-hydroxylation sites is 1. The lowest BCUT2D eigenvalue weighted by Crippen LogP contribution is -2.16. The number of anilines is 1. The first-order valence-electron chi connectivity index (χ1n) is 9.94. The standard InChI is InChI=1S/C22H23F3N4O2S/c1-4-29-20(15(3)31-18-11-6-5-8-14(18)2)27-28-21(29)32-13-19(30)26-17-10-7-9-16(12-17)22(23,24)25/h5-12,15H,4,13H2,1-3H3,(H,26,30). The number of rotatable bonds is 8. The van der Waals surface area contributed by atoms with Gasteiger partial charge in [0, 0.05) is 12.2 Å². The molecule has 3 rings (SSSR count). The lowest BCUT2D eigenvalue weighted by atomic mass is 10.2. The van der Waals surface area contributed by atoms with Crippen molar-refractivity contribution in [3.05, 3.63) is 65.5 Å². The van der Waals surface area contributed by atoms with E-state index in [0.29, 0.717) is 17.5 Å². The Balaban J connectivity index is 1.64. The van der Waals surface area contributed by atoms with Gasteiger partial charge in [-0.05, 0) is 50.6 Å². The van der Waals surface area contributed by atoms with Gasteiger partial charge in [-0.1, -0.05) is 36.0 Å². The molecule has 1 heterocycles. The summed E-state index contributed by atoms with van der Waals surface area (Å²) in [6, 6.07) is 12.2. The molecule has 1 unspecified atom stereocenters. The molecule has 6 nitrogen and oxygen atoms in total. The third-order valence-electron chi connectivity index (χ3n) is 4.63. The van der Waals surface area contributed by atoms with Gasteiger partial charge < -0.3 is 14.6 Å². The number of thioether (sulfide) groups is 1. The Bertz CT molecular complexity index is 1090. The van der Waals surface area contributed by atoms with Crippen LogP contribution in [0.2, 0.25) is 0 Å². The van der Waals surface area contributed by atoms with Gasteiger partial charge in [0.25, 0.3) is 0 Å². The molecule has 170 valence electrons.